The second kappa shape index (κ2) is 6.59. The smallest absolute Gasteiger partial charge is 0.239 e. The van der Waals surface area contributed by atoms with Gasteiger partial charge in [-0.1, -0.05) is 6.92 Å². The molecule has 1 aliphatic carbocycles. The number of carbonyl (C=O) groups is 1. The van der Waals surface area contributed by atoms with Crippen molar-refractivity contribution in [3.8, 4) is 0 Å². The summed E-state index contributed by atoms with van der Waals surface area (Å²) < 4.78 is 2.02. The van der Waals surface area contributed by atoms with Gasteiger partial charge in [-0.05, 0) is 43.9 Å². The third-order valence-corrected chi connectivity index (χ3v) is 3.26. The van der Waals surface area contributed by atoms with Crippen molar-refractivity contribution in [1.29, 1.82) is 0 Å². The molecule has 4 nitrogen and oxygen atoms in total. The average Bonchev–Trinajstić information content (AvgIpc) is 3.10. The van der Waals surface area contributed by atoms with Crippen LogP contribution in [0.15, 0.2) is 18.3 Å². The number of carbonyl (C=O) groups excluding carboxylic acids is 1. The first-order chi connectivity index (χ1) is 8.79. The second-order valence-electron chi connectivity index (χ2n) is 5.05. The maximum absolute atomic E-state index is 11.8. The second-order valence-corrected chi connectivity index (χ2v) is 5.05. The third-order valence-electron chi connectivity index (χ3n) is 3.26. The zero-order valence-electron chi connectivity index (χ0n) is 11.1. The number of nitrogens with zero attached hydrogens (tertiary/aromatic N) is 1. The van der Waals surface area contributed by atoms with Gasteiger partial charge in [0.2, 0.25) is 5.91 Å². The van der Waals surface area contributed by atoms with Crippen molar-refractivity contribution in [2.45, 2.75) is 39.3 Å². The Morgan fingerprint density at radius 1 is 1.50 bits per heavy atom. The fourth-order valence-corrected chi connectivity index (χ4v) is 1.95. The molecule has 0 aliphatic heterocycles. The Labute approximate surface area is 109 Å². The molecule has 0 spiro atoms. The van der Waals surface area contributed by atoms with E-state index in [4.69, 9.17) is 0 Å². The third kappa shape index (κ3) is 4.18. The van der Waals surface area contributed by atoms with E-state index in [1.54, 1.807) is 0 Å². The van der Waals surface area contributed by atoms with Gasteiger partial charge >= 0.3 is 0 Å². The summed E-state index contributed by atoms with van der Waals surface area (Å²) in [6.45, 7) is 5.28. The molecule has 2 rings (SSSR count). The summed E-state index contributed by atoms with van der Waals surface area (Å²) in [6.07, 6.45) is 5.65. The molecule has 0 aromatic carbocycles. The Morgan fingerprint density at radius 2 is 2.33 bits per heavy atom. The van der Waals surface area contributed by atoms with Crippen molar-refractivity contribution >= 4 is 5.91 Å². The van der Waals surface area contributed by atoms with Crippen molar-refractivity contribution in [2.24, 2.45) is 5.92 Å². The van der Waals surface area contributed by atoms with Gasteiger partial charge in [0.1, 0.15) is 6.54 Å². The summed E-state index contributed by atoms with van der Waals surface area (Å²) in [5, 5.41) is 6.36. The van der Waals surface area contributed by atoms with E-state index in [2.05, 4.69) is 23.6 Å². The maximum atomic E-state index is 11.8. The number of rotatable bonds is 8. The fourth-order valence-electron chi connectivity index (χ4n) is 1.95. The first-order valence-electron chi connectivity index (χ1n) is 6.91. The van der Waals surface area contributed by atoms with Gasteiger partial charge < -0.3 is 15.2 Å². The molecule has 0 radical (unpaired) electrons. The molecule has 18 heavy (non-hydrogen) atoms. The largest absolute Gasteiger partial charge is 0.354 e. The highest BCUT2D eigenvalue weighted by atomic mass is 16.1. The van der Waals surface area contributed by atoms with Crippen LogP contribution < -0.4 is 10.6 Å². The van der Waals surface area contributed by atoms with Gasteiger partial charge in [0, 0.05) is 25.0 Å². The van der Waals surface area contributed by atoms with Crippen LogP contribution in [0.2, 0.25) is 0 Å². The molecular formula is C14H23N3O. The molecule has 2 N–H and O–H groups in total. The van der Waals surface area contributed by atoms with Gasteiger partial charge in [-0.3, -0.25) is 4.79 Å². The first-order valence-corrected chi connectivity index (χ1v) is 6.91. The number of aromatic nitrogens is 1. The molecule has 1 heterocycles. The molecule has 0 bridgehead atoms. The van der Waals surface area contributed by atoms with Crippen LogP contribution in [0.4, 0.5) is 0 Å². The average molecular weight is 249 g/mol. The number of hydrogen-bond acceptors (Lipinski definition) is 2. The summed E-state index contributed by atoms with van der Waals surface area (Å²) in [7, 11) is 0. The lowest BCUT2D eigenvalue weighted by Gasteiger charge is -2.10. The summed E-state index contributed by atoms with van der Waals surface area (Å²) in [5.41, 5.74) is 1.17. The molecule has 100 valence electrons. The van der Waals surface area contributed by atoms with Gasteiger partial charge in [-0.15, -0.1) is 0 Å². The van der Waals surface area contributed by atoms with E-state index in [0.717, 1.165) is 32.0 Å². The monoisotopic (exact) mass is 249 g/mol. The minimum atomic E-state index is 0.120. The molecule has 1 aliphatic rings. The van der Waals surface area contributed by atoms with E-state index in [1.807, 2.05) is 16.8 Å². The molecule has 1 aromatic heterocycles. The van der Waals surface area contributed by atoms with Crippen LogP contribution in [-0.4, -0.2) is 23.6 Å². The maximum Gasteiger partial charge on any atom is 0.239 e. The zero-order valence-corrected chi connectivity index (χ0v) is 11.1. The van der Waals surface area contributed by atoms with E-state index >= 15 is 0 Å². The Bertz CT molecular complexity index is 382. The Kier molecular flexibility index (Phi) is 4.81. The van der Waals surface area contributed by atoms with Crippen LogP contribution in [0, 0.1) is 5.92 Å². The molecule has 0 saturated heterocycles. The first kappa shape index (κ1) is 13.1. The van der Waals surface area contributed by atoms with E-state index < -0.39 is 0 Å². The lowest BCUT2D eigenvalue weighted by atomic mass is 10.4. The van der Waals surface area contributed by atoms with Crippen molar-refractivity contribution < 1.29 is 4.79 Å². The standard InChI is InChI=1S/C14H23N3O/c1-2-7-15-10-13-4-3-8-17(13)11-14(18)16-9-12-5-6-12/h3-4,8,12,15H,2,5-7,9-11H2,1H3,(H,16,18). The fraction of sp³-hybridized carbons (Fsp3) is 0.643. The molecule has 1 amide bonds. The van der Waals surface area contributed by atoms with Crippen molar-refractivity contribution in [3.05, 3.63) is 24.0 Å². The van der Waals surface area contributed by atoms with Crippen LogP contribution in [0.25, 0.3) is 0 Å². The SMILES string of the molecule is CCCNCc1cccn1CC(=O)NCC1CC1. The molecule has 0 atom stereocenters. The molecule has 0 unspecified atom stereocenters. The van der Waals surface area contributed by atoms with Crippen LogP contribution in [0.5, 0.6) is 0 Å². The molecular weight excluding hydrogens is 226 g/mol. The predicted octanol–water partition coefficient (Wildman–Crippen LogP) is 1.51. The highest BCUT2D eigenvalue weighted by Crippen LogP contribution is 2.27. The number of nitrogens with one attached hydrogen (secondary N) is 2. The van der Waals surface area contributed by atoms with Crippen LogP contribution in [-0.2, 0) is 17.9 Å². The van der Waals surface area contributed by atoms with Crippen molar-refractivity contribution in [2.75, 3.05) is 13.1 Å². The topological polar surface area (TPSA) is 46.1 Å². The summed E-state index contributed by atoms with van der Waals surface area (Å²) in [5.74, 6) is 0.860. The number of hydrogen-bond donors (Lipinski definition) is 2. The Hall–Kier alpha value is -1.29. The minimum Gasteiger partial charge on any atom is -0.354 e. The normalized spacial score (nSPS) is 14.7. The van der Waals surface area contributed by atoms with Crippen LogP contribution in [0.3, 0.4) is 0 Å². The Balaban J connectivity index is 1.76. The molecule has 4 heteroatoms. The van der Waals surface area contributed by atoms with E-state index in [1.165, 1.54) is 18.5 Å². The van der Waals surface area contributed by atoms with Crippen LogP contribution in [0.1, 0.15) is 31.9 Å². The van der Waals surface area contributed by atoms with Crippen molar-refractivity contribution in [3.63, 3.8) is 0 Å². The Morgan fingerprint density at radius 3 is 3.06 bits per heavy atom. The molecule has 1 aromatic rings. The minimum absolute atomic E-state index is 0.120. The lowest BCUT2D eigenvalue weighted by molar-refractivity contribution is -0.121. The zero-order chi connectivity index (χ0) is 12.8. The van der Waals surface area contributed by atoms with E-state index in [-0.39, 0.29) is 5.91 Å². The summed E-state index contributed by atoms with van der Waals surface area (Å²) in [6, 6.07) is 4.06. The summed E-state index contributed by atoms with van der Waals surface area (Å²) in [4.78, 5) is 11.8. The van der Waals surface area contributed by atoms with Gasteiger partial charge in [0.25, 0.3) is 0 Å². The van der Waals surface area contributed by atoms with Gasteiger partial charge in [-0.25, -0.2) is 0 Å². The molecule has 1 saturated carbocycles. The summed E-state index contributed by atoms with van der Waals surface area (Å²) >= 11 is 0. The number of amides is 1. The van der Waals surface area contributed by atoms with Crippen molar-refractivity contribution in [1.82, 2.24) is 15.2 Å². The lowest BCUT2D eigenvalue weighted by Crippen LogP contribution is -2.30. The van der Waals surface area contributed by atoms with Gasteiger partial charge in [0.15, 0.2) is 0 Å². The van der Waals surface area contributed by atoms with Gasteiger partial charge in [0.05, 0.1) is 0 Å². The predicted molar refractivity (Wildman–Crippen MR) is 72.2 cm³/mol. The highest BCUT2D eigenvalue weighted by Gasteiger charge is 2.21. The van der Waals surface area contributed by atoms with Crippen LogP contribution >= 0.6 is 0 Å². The van der Waals surface area contributed by atoms with E-state index in [9.17, 15) is 4.79 Å². The highest BCUT2D eigenvalue weighted by molar-refractivity contribution is 5.75. The van der Waals surface area contributed by atoms with Gasteiger partial charge in [-0.2, -0.15) is 0 Å². The quantitative estimate of drug-likeness (QED) is 0.686. The van der Waals surface area contributed by atoms with E-state index in [0.29, 0.717) is 6.54 Å². The molecule has 1 fully saturated rings.